The Bertz CT molecular complexity index is 378. The number of primary amides is 1. The van der Waals surface area contributed by atoms with Crippen molar-refractivity contribution in [1.82, 2.24) is 4.98 Å². The van der Waals surface area contributed by atoms with Gasteiger partial charge in [-0.15, -0.1) is 0 Å². The lowest BCUT2D eigenvalue weighted by Crippen LogP contribution is -2.15. The van der Waals surface area contributed by atoms with Gasteiger partial charge in [-0.25, -0.2) is 0 Å². The fourth-order valence-corrected chi connectivity index (χ4v) is 1.51. The van der Waals surface area contributed by atoms with Crippen LogP contribution in [0.5, 0.6) is 0 Å². The number of aromatic nitrogens is 1. The Labute approximate surface area is 90.6 Å². The Hall–Kier alpha value is -0.860. The highest BCUT2D eigenvalue weighted by atomic mass is 127. The number of halogens is 4. The monoisotopic (exact) mass is 316 g/mol. The molecule has 0 atom stereocenters. The molecule has 1 amide bonds. The van der Waals surface area contributed by atoms with E-state index in [1.807, 2.05) is 0 Å². The van der Waals surface area contributed by atoms with E-state index < -0.39 is 17.6 Å². The van der Waals surface area contributed by atoms with E-state index in [1.54, 1.807) is 0 Å². The highest BCUT2D eigenvalue weighted by molar-refractivity contribution is 14.1. The van der Waals surface area contributed by atoms with E-state index in [9.17, 15) is 18.0 Å². The third kappa shape index (κ3) is 2.34. The third-order valence-corrected chi connectivity index (χ3v) is 2.30. The third-order valence-electron chi connectivity index (χ3n) is 1.41. The number of nitrogens with zero attached hydrogens (tertiary/aromatic N) is 1. The van der Waals surface area contributed by atoms with Gasteiger partial charge in [-0.3, -0.25) is 9.78 Å². The number of nitrogens with two attached hydrogens (primary N) is 1. The molecular weight excluding hydrogens is 312 g/mol. The van der Waals surface area contributed by atoms with E-state index in [1.165, 1.54) is 22.6 Å². The predicted molar refractivity (Wildman–Crippen MR) is 50.5 cm³/mol. The first-order chi connectivity index (χ1) is 6.32. The minimum atomic E-state index is -4.46. The maximum Gasteiger partial charge on any atom is 0.418 e. The zero-order chi connectivity index (χ0) is 10.9. The number of alkyl halides is 3. The van der Waals surface area contributed by atoms with E-state index in [4.69, 9.17) is 5.73 Å². The molecule has 14 heavy (non-hydrogen) atoms. The molecule has 2 N–H and O–H groups in total. The summed E-state index contributed by atoms with van der Waals surface area (Å²) in [6.45, 7) is 0. The van der Waals surface area contributed by atoms with Gasteiger partial charge in [0.1, 0.15) is 5.69 Å². The van der Waals surface area contributed by atoms with E-state index in [2.05, 4.69) is 4.98 Å². The van der Waals surface area contributed by atoms with Gasteiger partial charge >= 0.3 is 6.18 Å². The number of hydrogen-bond donors (Lipinski definition) is 1. The Morgan fingerprint density at radius 1 is 1.50 bits per heavy atom. The summed E-state index contributed by atoms with van der Waals surface area (Å²) < 4.78 is 36.6. The Morgan fingerprint density at radius 2 is 2.07 bits per heavy atom. The Morgan fingerprint density at radius 3 is 2.43 bits per heavy atom. The summed E-state index contributed by atoms with van der Waals surface area (Å²) in [7, 11) is 0. The summed E-state index contributed by atoms with van der Waals surface area (Å²) in [5.41, 5.74) is 3.81. The van der Waals surface area contributed by atoms with Gasteiger partial charge < -0.3 is 5.73 Å². The molecule has 0 saturated carbocycles. The van der Waals surface area contributed by atoms with Gasteiger partial charge in [0.15, 0.2) is 0 Å². The van der Waals surface area contributed by atoms with Crippen LogP contribution in [-0.4, -0.2) is 10.9 Å². The van der Waals surface area contributed by atoms with Crippen LogP contribution in [0.2, 0.25) is 0 Å². The quantitative estimate of drug-likeness (QED) is 0.803. The fraction of sp³-hybridized carbons (Fsp3) is 0.143. The molecule has 1 aromatic heterocycles. The molecule has 1 rings (SSSR count). The lowest BCUT2D eigenvalue weighted by atomic mass is 10.2. The van der Waals surface area contributed by atoms with Crippen molar-refractivity contribution in [2.24, 2.45) is 5.73 Å². The summed E-state index contributed by atoms with van der Waals surface area (Å²) in [4.78, 5) is 13.9. The van der Waals surface area contributed by atoms with Crippen LogP contribution in [0, 0.1) is 3.57 Å². The molecule has 0 spiro atoms. The Balaban J connectivity index is 3.21. The van der Waals surface area contributed by atoms with Crippen LogP contribution in [0.1, 0.15) is 16.1 Å². The minimum absolute atomic E-state index is 0.0982. The average molecular weight is 316 g/mol. The van der Waals surface area contributed by atoms with Crippen LogP contribution >= 0.6 is 22.6 Å². The standard InChI is InChI=1S/C7H4F3IN2O/c8-7(9,10)3-2-13-5(6(12)14)1-4(3)11/h1-2H,(H2,12,14). The average Bonchev–Trinajstić information content (AvgIpc) is 2.01. The predicted octanol–water partition coefficient (Wildman–Crippen LogP) is 1.80. The molecule has 3 nitrogen and oxygen atoms in total. The number of pyridine rings is 1. The zero-order valence-corrected chi connectivity index (χ0v) is 8.76. The first-order valence-corrected chi connectivity index (χ1v) is 4.43. The molecule has 0 fully saturated rings. The molecule has 7 heteroatoms. The maximum atomic E-state index is 12.2. The smallest absolute Gasteiger partial charge is 0.364 e. The van der Waals surface area contributed by atoms with Crippen molar-refractivity contribution in [1.29, 1.82) is 0 Å². The summed E-state index contributed by atoms with van der Waals surface area (Å²) in [6, 6.07) is 1.01. The minimum Gasteiger partial charge on any atom is -0.364 e. The SMILES string of the molecule is NC(=O)c1cc(I)c(C(F)(F)F)cn1. The molecule has 0 bridgehead atoms. The highest BCUT2D eigenvalue weighted by Gasteiger charge is 2.33. The normalized spacial score (nSPS) is 11.4. The van der Waals surface area contributed by atoms with Crippen molar-refractivity contribution in [3.8, 4) is 0 Å². The summed E-state index contributed by atoms with van der Waals surface area (Å²) in [6.07, 6.45) is -3.86. The molecule has 76 valence electrons. The van der Waals surface area contributed by atoms with Gasteiger partial charge in [0.05, 0.1) is 5.56 Å². The molecular formula is C7H4F3IN2O. The van der Waals surface area contributed by atoms with Crippen LogP contribution in [0.25, 0.3) is 0 Å². The van der Waals surface area contributed by atoms with E-state index in [-0.39, 0.29) is 9.26 Å². The van der Waals surface area contributed by atoms with Gasteiger partial charge in [0, 0.05) is 9.77 Å². The van der Waals surface area contributed by atoms with Crippen molar-refractivity contribution in [3.63, 3.8) is 0 Å². The molecule has 0 radical (unpaired) electrons. The number of carbonyl (C=O) groups excluding carboxylic acids is 1. The van der Waals surface area contributed by atoms with Gasteiger partial charge in [-0.2, -0.15) is 13.2 Å². The second kappa shape index (κ2) is 3.71. The van der Waals surface area contributed by atoms with Crippen LogP contribution < -0.4 is 5.73 Å². The lowest BCUT2D eigenvalue weighted by Gasteiger charge is -2.08. The van der Waals surface area contributed by atoms with Crippen LogP contribution in [-0.2, 0) is 6.18 Å². The lowest BCUT2D eigenvalue weighted by molar-refractivity contribution is -0.138. The summed E-state index contributed by atoms with van der Waals surface area (Å²) in [5.74, 6) is -0.850. The molecule has 1 heterocycles. The van der Waals surface area contributed by atoms with Crippen LogP contribution in [0.4, 0.5) is 13.2 Å². The number of carbonyl (C=O) groups is 1. The second-order valence-electron chi connectivity index (χ2n) is 2.41. The fourth-order valence-electron chi connectivity index (χ4n) is 0.774. The second-order valence-corrected chi connectivity index (χ2v) is 3.57. The van der Waals surface area contributed by atoms with Gasteiger partial charge in [0.2, 0.25) is 0 Å². The van der Waals surface area contributed by atoms with Gasteiger partial charge in [-0.1, -0.05) is 0 Å². The molecule has 0 aliphatic heterocycles. The number of amides is 1. The molecule has 0 aliphatic rings. The van der Waals surface area contributed by atoms with E-state index in [0.717, 1.165) is 6.07 Å². The summed E-state index contributed by atoms with van der Waals surface area (Å²) in [5, 5.41) is 0. The number of rotatable bonds is 1. The Kier molecular flexibility index (Phi) is 2.98. The van der Waals surface area contributed by atoms with Crippen molar-refractivity contribution >= 4 is 28.5 Å². The molecule has 1 aromatic rings. The van der Waals surface area contributed by atoms with E-state index >= 15 is 0 Å². The molecule has 0 aliphatic carbocycles. The largest absolute Gasteiger partial charge is 0.418 e. The van der Waals surface area contributed by atoms with Crippen molar-refractivity contribution in [2.45, 2.75) is 6.18 Å². The number of hydrogen-bond acceptors (Lipinski definition) is 2. The van der Waals surface area contributed by atoms with Gasteiger partial charge in [-0.05, 0) is 28.7 Å². The molecule has 0 aromatic carbocycles. The maximum absolute atomic E-state index is 12.2. The first kappa shape index (κ1) is 11.2. The van der Waals surface area contributed by atoms with Crippen molar-refractivity contribution in [2.75, 3.05) is 0 Å². The van der Waals surface area contributed by atoms with Crippen LogP contribution in [0.15, 0.2) is 12.3 Å². The first-order valence-electron chi connectivity index (χ1n) is 3.35. The summed E-state index contributed by atoms with van der Waals surface area (Å²) >= 11 is 1.48. The van der Waals surface area contributed by atoms with Gasteiger partial charge in [0.25, 0.3) is 5.91 Å². The zero-order valence-electron chi connectivity index (χ0n) is 6.60. The van der Waals surface area contributed by atoms with Crippen molar-refractivity contribution < 1.29 is 18.0 Å². The topological polar surface area (TPSA) is 56.0 Å². The van der Waals surface area contributed by atoms with Crippen LogP contribution in [0.3, 0.4) is 0 Å². The highest BCUT2D eigenvalue weighted by Crippen LogP contribution is 2.32. The van der Waals surface area contributed by atoms with E-state index in [0.29, 0.717) is 6.20 Å². The van der Waals surface area contributed by atoms with Crippen molar-refractivity contribution in [3.05, 3.63) is 27.1 Å². The molecule has 0 unspecified atom stereocenters. The molecule has 0 saturated heterocycles.